The van der Waals surface area contributed by atoms with Gasteiger partial charge in [0.05, 0.1) is 17.3 Å². The van der Waals surface area contributed by atoms with Gasteiger partial charge in [0.25, 0.3) is 5.69 Å². The molecule has 0 spiro atoms. The van der Waals surface area contributed by atoms with Crippen molar-refractivity contribution in [2.24, 2.45) is 0 Å². The Kier molecular flexibility index (Phi) is 5.22. The van der Waals surface area contributed by atoms with Crippen LogP contribution in [0.2, 0.25) is 0 Å². The lowest BCUT2D eigenvalue weighted by atomic mass is 10.2. The zero-order valence-electron chi connectivity index (χ0n) is 13.4. The van der Waals surface area contributed by atoms with E-state index in [4.69, 9.17) is 4.74 Å². The molecule has 3 rings (SSSR count). The molecule has 1 aliphatic heterocycles. The first-order valence-electron chi connectivity index (χ1n) is 7.83. The van der Waals surface area contributed by atoms with Crippen LogP contribution in [0.1, 0.15) is 12.0 Å². The topological polar surface area (TPSA) is 90.5 Å². The molecule has 1 amide bonds. The minimum atomic E-state index is -0.465. The monoisotopic (exact) mass is 362 g/mol. The van der Waals surface area contributed by atoms with Crippen molar-refractivity contribution in [2.75, 3.05) is 6.54 Å². The molecule has 0 aliphatic carbocycles. The minimum absolute atomic E-state index is 0.000982. The Morgan fingerprint density at radius 3 is 2.80 bits per heavy atom. The van der Waals surface area contributed by atoms with Crippen molar-refractivity contribution in [1.29, 1.82) is 0 Å². The summed E-state index contributed by atoms with van der Waals surface area (Å²) in [7, 11) is 0. The summed E-state index contributed by atoms with van der Waals surface area (Å²) in [4.78, 5) is 28.3. The van der Waals surface area contributed by atoms with Crippen LogP contribution in [-0.2, 0) is 17.9 Å². The van der Waals surface area contributed by atoms with E-state index >= 15 is 0 Å². The molecule has 1 aliphatic rings. The van der Waals surface area contributed by atoms with Gasteiger partial charge in [-0.15, -0.1) is 0 Å². The highest BCUT2D eigenvalue weighted by Gasteiger charge is 2.34. The summed E-state index contributed by atoms with van der Waals surface area (Å²) in [6.07, 6.45) is 5.65. The average Bonchev–Trinajstić information content (AvgIpc) is 3.23. The van der Waals surface area contributed by atoms with Gasteiger partial charge in [-0.2, -0.15) is 12.6 Å². The van der Waals surface area contributed by atoms with Crippen LogP contribution in [0.4, 0.5) is 10.5 Å². The van der Waals surface area contributed by atoms with E-state index in [0.29, 0.717) is 18.7 Å². The van der Waals surface area contributed by atoms with E-state index in [1.165, 1.54) is 12.1 Å². The summed E-state index contributed by atoms with van der Waals surface area (Å²) in [5.74, 6) is 0. The summed E-state index contributed by atoms with van der Waals surface area (Å²) in [5, 5.41) is 10.8. The fourth-order valence-electron chi connectivity index (χ4n) is 2.87. The SMILES string of the molecule is O=C(OCc1ccc([N+](=O)[O-])cc1)N1C[C@@H](S)C[C@H]1Cn1ccnc1. The van der Waals surface area contributed by atoms with Gasteiger partial charge in [-0.25, -0.2) is 9.78 Å². The minimum Gasteiger partial charge on any atom is -0.445 e. The molecule has 0 radical (unpaired) electrons. The molecule has 0 N–H and O–H groups in total. The average molecular weight is 362 g/mol. The molecule has 1 aromatic heterocycles. The Hall–Kier alpha value is -2.55. The quantitative estimate of drug-likeness (QED) is 0.501. The molecule has 0 saturated carbocycles. The van der Waals surface area contributed by atoms with Gasteiger partial charge in [-0.3, -0.25) is 10.1 Å². The molecule has 2 aromatic rings. The van der Waals surface area contributed by atoms with Crippen LogP contribution in [0.15, 0.2) is 43.0 Å². The van der Waals surface area contributed by atoms with Crippen LogP contribution < -0.4 is 0 Å². The smallest absolute Gasteiger partial charge is 0.410 e. The summed E-state index contributed by atoms with van der Waals surface area (Å²) in [5.41, 5.74) is 0.708. The number of imidazole rings is 1. The van der Waals surface area contributed by atoms with E-state index in [1.807, 2.05) is 10.8 Å². The van der Waals surface area contributed by atoms with Gasteiger partial charge < -0.3 is 14.2 Å². The van der Waals surface area contributed by atoms with Gasteiger partial charge in [-0.05, 0) is 24.1 Å². The molecule has 25 heavy (non-hydrogen) atoms. The Bertz CT molecular complexity index is 735. The molecule has 132 valence electrons. The van der Waals surface area contributed by atoms with Crippen LogP contribution >= 0.6 is 12.6 Å². The van der Waals surface area contributed by atoms with E-state index in [0.717, 1.165) is 6.42 Å². The number of thiol groups is 1. The predicted octanol–water partition coefficient (Wildman–Crippen LogP) is 2.50. The van der Waals surface area contributed by atoms with Crippen molar-refractivity contribution in [3.63, 3.8) is 0 Å². The van der Waals surface area contributed by atoms with Crippen LogP contribution in [-0.4, -0.2) is 43.3 Å². The molecular weight excluding hydrogens is 344 g/mol. The lowest BCUT2D eigenvalue weighted by molar-refractivity contribution is -0.384. The number of non-ortho nitro benzene ring substituents is 1. The van der Waals surface area contributed by atoms with Gasteiger partial charge in [0, 0.05) is 42.9 Å². The zero-order valence-corrected chi connectivity index (χ0v) is 14.3. The number of amides is 1. The molecule has 0 bridgehead atoms. The number of hydrogen-bond donors (Lipinski definition) is 1. The number of hydrogen-bond acceptors (Lipinski definition) is 6. The first-order chi connectivity index (χ1) is 12.0. The summed E-state index contributed by atoms with van der Waals surface area (Å²) >= 11 is 4.49. The second-order valence-electron chi connectivity index (χ2n) is 5.93. The van der Waals surface area contributed by atoms with Crippen molar-refractivity contribution in [2.45, 2.75) is 30.9 Å². The highest BCUT2D eigenvalue weighted by molar-refractivity contribution is 7.81. The number of nitrogens with zero attached hydrogens (tertiary/aromatic N) is 4. The lowest BCUT2D eigenvalue weighted by Crippen LogP contribution is -2.38. The molecule has 9 heteroatoms. The third kappa shape index (κ3) is 4.30. The van der Waals surface area contributed by atoms with Crippen molar-refractivity contribution < 1.29 is 14.5 Å². The van der Waals surface area contributed by atoms with Crippen LogP contribution in [0.25, 0.3) is 0 Å². The first-order valence-corrected chi connectivity index (χ1v) is 8.35. The van der Waals surface area contributed by atoms with Crippen LogP contribution in [0.5, 0.6) is 0 Å². The Balaban J connectivity index is 1.58. The molecule has 2 atom stereocenters. The van der Waals surface area contributed by atoms with E-state index in [9.17, 15) is 14.9 Å². The van der Waals surface area contributed by atoms with Crippen molar-refractivity contribution in [1.82, 2.24) is 14.5 Å². The molecule has 8 nitrogen and oxygen atoms in total. The van der Waals surface area contributed by atoms with Gasteiger partial charge in [0.15, 0.2) is 0 Å². The normalized spacial score (nSPS) is 19.8. The van der Waals surface area contributed by atoms with Crippen LogP contribution in [0.3, 0.4) is 0 Å². The maximum absolute atomic E-state index is 12.4. The number of benzene rings is 1. The standard InChI is InChI=1S/C16H18N4O4S/c21-16(24-10-12-1-3-13(4-2-12)20(22)23)19-9-15(25)7-14(19)8-18-6-5-17-11-18/h1-6,11,14-15,25H,7-10H2/t14-,15-/m0/s1. The molecule has 0 unspecified atom stereocenters. The van der Waals surface area contributed by atoms with E-state index < -0.39 is 11.0 Å². The van der Waals surface area contributed by atoms with Gasteiger partial charge in [-0.1, -0.05) is 0 Å². The Labute approximate surface area is 150 Å². The molecule has 2 heterocycles. The third-order valence-electron chi connectivity index (χ3n) is 4.12. The second-order valence-corrected chi connectivity index (χ2v) is 6.66. The Morgan fingerprint density at radius 2 is 2.16 bits per heavy atom. The van der Waals surface area contributed by atoms with Crippen LogP contribution in [0, 0.1) is 10.1 Å². The van der Waals surface area contributed by atoms with Gasteiger partial charge in [0.2, 0.25) is 0 Å². The number of nitro benzene ring substituents is 1. The summed E-state index contributed by atoms with van der Waals surface area (Å²) < 4.78 is 7.29. The fraction of sp³-hybridized carbons (Fsp3) is 0.375. The number of nitro groups is 1. The predicted molar refractivity (Wildman–Crippen MR) is 93.4 cm³/mol. The Morgan fingerprint density at radius 1 is 1.40 bits per heavy atom. The largest absolute Gasteiger partial charge is 0.445 e. The van der Waals surface area contributed by atoms with E-state index in [2.05, 4.69) is 17.6 Å². The number of likely N-dealkylation sites (tertiary alicyclic amines) is 1. The zero-order chi connectivity index (χ0) is 17.8. The molecule has 1 fully saturated rings. The van der Waals surface area contributed by atoms with E-state index in [-0.39, 0.29) is 23.6 Å². The van der Waals surface area contributed by atoms with Crippen molar-refractivity contribution in [3.8, 4) is 0 Å². The summed E-state index contributed by atoms with van der Waals surface area (Å²) in [6.45, 7) is 1.24. The highest BCUT2D eigenvalue weighted by atomic mass is 32.1. The number of rotatable bonds is 5. The van der Waals surface area contributed by atoms with Gasteiger partial charge in [0.1, 0.15) is 6.61 Å². The molecule has 1 saturated heterocycles. The number of aromatic nitrogens is 2. The molecular formula is C16H18N4O4S. The van der Waals surface area contributed by atoms with Gasteiger partial charge >= 0.3 is 6.09 Å². The second kappa shape index (κ2) is 7.56. The van der Waals surface area contributed by atoms with Crippen molar-refractivity contribution >= 4 is 24.4 Å². The first kappa shape index (κ1) is 17.3. The maximum atomic E-state index is 12.4. The fourth-order valence-corrected chi connectivity index (χ4v) is 3.29. The number of ether oxygens (including phenoxy) is 1. The maximum Gasteiger partial charge on any atom is 0.410 e. The number of carbonyl (C=O) groups excluding carboxylic acids is 1. The highest BCUT2D eigenvalue weighted by Crippen LogP contribution is 2.24. The number of carbonyl (C=O) groups is 1. The van der Waals surface area contributed by atoms with Crippen molar-refractivity contribution in [3.05, 3.63) is 58.7 Å². The lowest BCUT2D eigenvalue weighted by Gasteiger charge is -2.24. The summed E-state index contributed by atoms with van der Waals surface area (Å²) in [6, 6.07) is 5.95. The van der Waals surface area contributed by atoms with E-state index in [1.54, 1.807) is 29.6 Å². The third-order valence-corrected chi connectivity index (χ3v) is 4.49. The molecule has 1 aromatic carbocycles.